The van der Waals surface area contributed by atoms with Gasteiger partial charge in [-0.3, -0.25) is 0 Å². The molecule has 0 spiro atoms. The van der Waals surface area contributed by atoms with Gasteiger partial charge < -0.3 is 5.11 Å². The van der Waals surface area contributed by atoms with Gasteiger partial charge in [-0.25, -0.2) is 4.79 Å². The van der Waals surface area contributed by atoms with Crippen LogP contribution in [0.25, 0.3) is 0 Å². The van der Waals surface area contributed by atoms with Crippen molar-refractivity contribution in [2.45, 2.75) is 25.7 Å². The zero-order valence-electron chi connectivity index (χ0n) is 8.02. The van der Waals surface area contributed by atoms with E-state index in [-0.39, 0.29) is 0 Å². The summed E-state index contributed by atoms with van der Waals surface area (Å²) in [5.74, 6) is -0.879. The molecule has 0 amide bonds. The Balaban J connectivity index is 2.64. The van der Waals surface area contributed by atoms with Gasteiger partial charge >= 0.3 is 5.97 Å². The van der Waals surface area contributed by atoms with Crippen LogP contribution in [-0.2, 0) is 12.8 Å². The SMILES string of the molecule is O=C(O)c1cc(Br)c2c(c1Br)CCCC2. The van der Waals surface area contributed by atoms with Gasteiger partial charge in [-0.15, -0.1) is 0 Å². The number of fused-ring (bicyclic) bond motifs is 1. The molecule has 15 heavy (non-hydrogen) atoms. The monoisotopic (exact) mass is 332 g/mol. The van der Waals surface area contributed by atoms with E-state index in [1.54, 1.807) is 6.07 Å². The first-order chi connectivity index (χ1) is 7.11. The van der Waals surface area contributed by atoms with Gasteiger partial charge in [-0.05, 0) is 58.8 Å². The Morgan fingerprint density at radius 1 is 1.20 bits per heavy atom. The van der Waals surface area contributed by atoms with Crippen LogP contribution in [0.3, 0.4) is 0 Å². The number of rotatable bonds is 1. The maximum Gasteiger partial charge on any atom is 0.336 e. The number of carbonyl (C=O) groups is 1. The summed E-state index contributed by atoms with van der Waals surface area (Å²) in [6, 6.07) is 1.69. The molecular formula is C11H10Br2O2. The molecule has 0 aliphatic heterocycles. The van der Waals surface area contributed by atoms with Gasteiger partial charge in [0.25, 0.3) is 0 Å². The maximum atomic E-state index is 11.0. The summed E-state index contributed by atoms with van der Waals surface area (Å²) in [7, 11) is 0. The predicted molar refractivity (Wildman–Crippen MR) is 65.4 cm³/mol. The molecule has 1 aromatic carbocycles. The third kappa shape index (κ3) is 1.97. The van der Waals surface area contributed by atoms with Crippen molar-refractivity contribution in [3.8, 4) is 0 Å². The van der Waals surface area contributed by atoms with Gasteiger partial charge in [-0.2, -0.15) is 0 Å². The number of hydrogen-bond donors (Lipinski definition) is 1. The van der Waals surface area contributed by atoms with Crippen LogP contribution in [0.5, 0.6) is 0 Å². The summed E-state index contributed by atoms with van der Waals surface area (Å²) in [5.41, 5.74) is 2.77. The Morgan fingerprint density at radius 2 is 1.80 bits per heavy atom. The first kappa shape index (κ1) is 11.1. The van der Waals surface area contributed by atoms with Gasteiger partial charge in [0.2, 0.25) is 0 Å². The average molecular weight is 334 g/mol. The lowest BCUT2D eigenvalue weighted by atomic mass is 9.90. The smallest absolute Gasteiger partial charge is 0.336 e. The Hall–Kier alpha value is -0.350. The Morgan fingerprint density at radius 3 is 2.40 bits per heavy atom. The molecule has 1 aromatic rings. The normalized spacial score (nSPS) is 14.8. The van der Waals surface area contributed by atoms with E-state index in [1.165, 1.54) is 12.0 Å². The molecule has 0 atom stereocenters. The highest BCUT2D eigenvalue weighted by Gasteiger charge is 2.20. The molecule has 4 heteroatoms. The molecule has 0 heterocycles. The van der Waals surface area contributed by atoms with E-state index in [0.29, 0.717) is 5.56 Å². The predicted octanol–water partition coefficient (Wildman–Crippen LogP) is 3.79. The van der Waals surface area contributed by atoms with Crippen LogP contribution in [0.4, 0.5) is 0 Å². The topological polar surface area (TPSA) is 37.3 Å². The molecule has 0 unspecified atom stereocenters. The van der Waals surface area contributed by atoms with E-state index in [0.717, 1.165) is 33.8 Å². The molecule has 0 radical (unpaired) electrons. The van der Waals surface area contributed by atoms with E-state index >= 15 is 0 Å². The van der Waals surface area contributed by atoms with Crippen LogP contribution in [0.1, 0.15) is 34.3 Å². The number of aromatic carboxylic acids is 1. The molecule has 0 saturated heterocycles. The molecule has 0 fully saturated rings. The second-order valence-corrected chi connectivity index (χ2v) is 5.34. The zero-order chi connectivity index (χ0) is 11.0. The Labute approximate surface area is 105 Å². The van der Waals surface area contributed by atoms with E-state index in [2.05, 4.69) is 31.9 Å². The Bertz CT molecular complexity index is 427. The fourth-order valence-corrected chi connectivity index (χ4v) is 3.39. The second-order valence-electron chi connectivity index (χ2n) is 3.69. The van der Waals surface area contributed by atoms with Crippen molar-refractivity contribution in [1.29, 1.82) is 0 Å². The van der Waals surface area contributed by atoms with Crippen molar-refractivity contribution in [3.63, 3.8) is 0 Å². The standard InChI is InChI=1S/C11H10Br2O2/c12-9-5-8(11(14)15)10(13)7-4-2-1-3-6(7)9/h5H,1-4H2,(H,14,15). The van der Waals surface area contributed by atoms with E-state index in [9.17, 15) is 4.79 Å². The third-order valence-electron chi connectivity index (χ3n) is 2.76. The third-order valence-corrected chi connectivity index (χ3v) is 4.37. The lowest BCUT2D eigenvalue weighted by molar-refractivity contribution is 0.0695. The van der Waals surface area contributed by atoms with Crippen LogP contribution in [-0.4, -0.2) is 11.1 Å². The molecule has 1 N–H and O–H groups in total. The van der Waals surface area contributed by atoms with Gasteiger partial charge in [0.05, 0.1) is 5.56 Å². The van der Waals surface area contributed by atoms with Crippen molar-refractivity contribution < 1.29 is 9.90 Å². The summed E-state index contributed by atoms with van der Waals surface area (Å²) in [5, 5.41) is 9.04. The van der Waals surface area contributed by atoms with Crippen molar-refractivity contribution in [3.05, 3.63) is 31.7 Å². The highest BCUT2D eigenvalue weighted by Crippen LogP contribution is 2.36. The molecule has 0 aromatic heterocycles. The minimum atomic E-state index is -0.879. The Kier molecular flexibility index (Phi) is 3.16. The fourth-order valence-electron chi connectivity index (χ4n) is 2.01. The molecular weight excluding hydrogens is 324 g/mol. The van der Waals surface area contributed by atoms with Crippen LogP contribution in [0, 0.1) is 0 Å². The summed E-state index contributed by atoms with van der Waals surface area (Å²) < 4.78 is 1.69. The minimum Gasteiger partial charge on any atom is -0.478 e. The second kappa shape index (κ2) is 4.26. The van der Waals surface area contributed by atoms with Crippen molar-refractivity contribution in [1.82, 2.24) is 0 Å². The lowest BCUT2D eigenvalue weighted by Gasteiger charge is -2.20. The number of hydrogen-bond acceptors (Lipinski definition) is 1. The molecule has 2 nitrogen and oxygen atoms in total. The fraction of sp³-hybridized carbons (Fsp3) is 0.364. The average Bonchev–Trinajstić information content (AvgIpc) is 2.23. The number of halogens is 2. The van der Waals surface area contributed by atoms with Crippen LogP contribution in [0.15, 0.2) is 15.0 Å². The van der Waals surface area contributed by atoms with Crippen molar-refractivity contribution in [2.24, 2.45) is 0 Å². The maximum absolute atomic E-state index is 11.0. The summed E-state index contributed by atoms with van der Waals surface area (Å²) in [6.45, 7) is 0. The van der Waals surface area contributed by atoms with Crippen molar-refractivity contribution >= 4 is 37.8 Å². The lowest BCUT2D eigenvalue weighted by Crippen LogP contribution is -2.09. The summed E-state index contributed by atoms with van der Waals surface area (Å²) >= 11 is 6.85. The first-order valence-electron chi connectivity index (χ1n) is 4.84. The first-order valence-corrected chi connectivity index (χ1v) is 6.43. The van der Waals surface area contributed by atoms with Crippen LogP contribution < -0.4 is 0 Å². The highest BCUT2D eigenvalue weighted by molar-refractivity contribution is 9.11. The van der Waals surface area contributed by atoms with E-state index in [1.807, 2.05) is 0 Å². The number of carboxylic acid groups (broad SMARTS) is 1. The van der Waals surface area contributed by atoms with Gasteiger partial charge in [0.15, 0.2) is 0 Å². The van der Waals surface area contributed by atoms with Gasteiger partial charge in [0.1, 0.15) is 0 Å². The number of carboxylic acids is 1. The zero-order valence-corrected chi connectivity index (χ0v) is 11.2. The molecule has 80 valence electrons. The summed E-state index contributed by atoms with van der Waals surface area (Å²) in [6.07, 6.45) is 4.33. The van der Waals surface area contributed by atoms with Crippen LogP contribution >= 0.6 is 31.9 Å². The van der Waals surface area contributed by atoms with Gasteiger partial charge in [-0.1, -0.05) is 15.9 Å². The largest absolute Gasteiger partial charge is 0.478 e. The summed E-state index contributed by atoms with van der Waals surface area (Å²) in [4.78, 5) is 11.0. The van der Waals surface area contributed by atoms with E-state index in [4.69, 9.17) is 5.11 Å². The minimum absolute atomic E-state index is 0.350. The van der Waals surface area contributed by atoms with Crippen molar-refractivity contribution in [2.75, 3.05) is 0 Å². The molecule has 1 aliphatic carbocycles. The highest BCUT2D eigenvalue weighted by atomic mass is 79.9. The number of benzene rings is 1. The quantitative estimate of drug-likeness (QED) is 0.849. The van der Waals surface area contributed by atoms with Crippen LogP contribution in [0.2, 0.25) is 0 Å². The molecule has 2 rings (SSSR count). The molecule has 1 aliphatic rings. The van der Waals surface area contributed by atoms with Gasteiger partial charge in [0, 0.05) is 8.95 Å². The molecule has 0 bridgehead atoms. The molecule has 0 saturated carbocycles. The van der Waals surface area contributed by atoms with E-state index < -0.39 is 5.97 Å².